The topological polar surface area (TPSA) is 82.9 Å². The zero-order chi connectivity index (χ0) is 13.1. The molecule has 0 N–H and O–H groups in total. The molecule has 0 radical (unpaired) electrons. The molecule has 98 valence electrons. The van der Waals surface area contributed by atoms with Crippen molar-refractivity contribution in [3.63, 3.8) is 0 Å². The minimum atomic E-state index is -0.501. The minimum Gasteiger partial charge on any atom is -0.464 e. The normalized spacial score (nSPS) is 26.1. The van der Waals surface area contributed by atoms with Gasteiger partial charge in [0.25, 0.3) is 0 Å². The molecule has 0 aliphatic carbocycles. The summed E-state index contributed by atoms with van der Waals surface area (Å²) >= 11 is 0. The van der Waals surface area contributed by atoms with E-state index in [9.17, 15) is 9.59 Å². The number of hydroxylamine groups is 2. The fourth-order valence-corrected chi connectivity index (χ4v) is 2.26. The molecule has 0 unspecified atom stereocenters. The van der Waals surface area contributed by atoms with Crippen molar-refractivity contribution in [2.45, 2.75) is 31.8 Å². The Morgan fingerprint density at radius 2 is 2.33 bits per heavy atom. The van der Waals surface area contributed by atoms with Gasteiger partial charge in [0, 0.05) is 6.54 Å². The number of amides is 2. The molecule has 2 atom stereocenters. The molecular weight excluding hydrogens is 238 g/mol. The summed E-state index contributed by atoms with van der Waals surface area (Å²) in [7, 11) is 0. The zero-order valence-electron chi connectivity index (χ0n) is 10.2. The molecule has 2 saturated heterocycles. The van der Waals surface area contributed by atoms with E-state index in [1.165, 1.54) is 9.96 Å². The van der Waals surface area contributed by atoms with Crippen molar-refractivity contribution < 1.29 is 19.2 Å². The lowest BCUT2D eigenvalue weighted by Gasteiger charge is -2.24. The summed E-state index contributed by atoms with van der Waals surface area (Å²) < 4.78 is 4.72. The Labute approximate surface area is 105 Å². The highest BCUT2D eigenvalue weighted by Gasteiger charge is 2.45. The number of hydrogen-bond acceptors (Lipinski definition) is 5. The van der Waals surface area contributed by atoms with Gasteiger partial charge >= 0.3 is 12.0 Å². The van der Waals surface area contributed by atoms with Gasteiger partial charge in [0.05, 0.1) is 18.7 Å². The average molecular weight is 253 g/mol. The maximum absolute atomic E-state index is 12.0. The lowest BCUT2D eigenvalue weighted by atomic mass is 10.0. The van der Waals surface area contributed by atoms with Crippen LogP contribution in [0.1, 0.15) is 19.8 Å². The lowest BCUT2D eigenvalue weighted by molar-refractivity contribution is -0.172. The van der Waals surface area contributed by atoms with E-state index in [4.69, 9.17) is 14.8 Å². The number of rotatable bonds is 4. The molecule has 2 rings (SSSR count). The van der Waals surface area contributed by atoms with Crippen molar-refractivity contribution in [1.82, 2.24) is 9.96 Å². The SMILES string of the molecule is CCOC(=O)CON1C(=O)N2C[C@H]1CC[C@H]2C#N. The lowest BCUT2D eigenvalue weighted by Crippen LogP contribution is -2.38. The first-order valence-electron chi connectivity index (χ1n) is 5.95. The first-order chi connectivity index (χ1) is 8.67. The Hall–Kier alpha value is -1.81. The molecule has 2 heterocycles. The predicted octanol–water partition coefficient (Wildman–Crippen LogP) is 0.273. The third kappa shape index (κ3) is 2.24. The first-order valence-corrected chi connectivity index (χ1v) is 5.95. The fraction of sp³-hybridized carbons (Fsp3) is 0.727. The van der Waals surface area contributed by atoms with Gasteiger partial charge in [-0.05, 0) is 19.8 Å². The van der Waals surface area contributed by atoms with Gasteiger partial charge in [0.2, 0.25) is 0 Å². The van der Waals surface area contributed by atoms with Crippen LogP contribution in [0.5, 0.6) is 0 Å². The summed E-state index contributed by atoms with van der Waals surface area (Å²) in [5.74, 6) is -0.501. The van der Waals surface area contributed by atoms with Crippen LogP contribution in [0.15, 0.2) is 0 Å². The van der Waals surface area contributed by atoms with E-state index < -0.39 is 5.97 Å². The van der Waals surface area contributed by atoms with Gasteiger partial charge < -0.3 is 9.64 Å². The number of urea groups is 1. The maximum atomic E-state index is 12.0. The molecule has 18 heavy (non-hydrogen) atoms. The van der Waals surface area contributed by atoms with Gasteiger partial charge in [-0.3, -0.25) is 4.84 Å². The van der Waals surface area contributed by atoms with Gasteiger partial charge in [0.15, 0.2) is 6.61 Å². The van der Waals surface area contributed by atoms with Crippen LogP contribution in [0.2, 0.25) is 0 Å². The number of piperidine rings is 1. The van der Waals surface area contributed by atoms with Gasteiger partial charge in [-0.15, -0.1) is 0 Å². The van der Waals surface area contributed by atoms with E-state index in [-0.39, 0.29) is 31.3 Å². The largest absolute Gasteiger partial charge is 0.464 e. The van der Waals surface area contributed by atoms with Crippen molar-refractivity contribution in [2.75, 3.05) is 19.8 Å². The van der Waals surface area contributed by atoms with Gasteiger partial charge in [-0.25, -0.2) is 9.59 Å². The zero-order valence-corrected chi connectivity index (χ0v) is 10.2. The van der Waals surface area contributed by atoms with Crippen LogP contribution in [0.25, 0.3) is 0 Å². The Morgan fingerprint density at radius 3 is 3.00 bits per heavy atom. The monoisotopic (exact) mass is 253 g/mol. The van der Waals surface area contributed by atoms with E-state index in [0.717, 1.165) is 0 Å². The highest BCUT2D eigenvalue weighted by molar-refractivity contribution is 5.78. The van der Waals surface area contributed by atoms with Crippen LogP contribution in [-0.2, 0) is 14.4 Å². The molecular formula is C11H15N3O4. The molecule has 0 aromatic rings. The Kier molecular flexibility index (Phi) is 3.67. The number of hydrogen-bond donors (Lipinski definition) is 0. The summed E-state index contributed by atoms with van der Waals surface area (Å²) in [5.41, 5.74) is 0. The second-order valence-electron chi connectivity index (χ2n) is 4.22. The molecule has 2 fully saturated rings. The van der Waals surface area contributed by atoms with Gasteiger partial charge in [0.1, 0.15) is 6.04 Å². The van der Waals surface area contributed by atoms with E-state index in [2.05, 4.69) is 6.07 Å². The van der Waals surface area contributed by atoms with E-state index in [1.54, 1.807) is 6.92 Å². The van der Waals surface area contributed by atoms with Crippen LogP contribution < -0.4 is 0 Å². The number of nitrogens with zero attached hydrogens (tertiary/aromatic N) is 3. The van der Waals surface area contributed by atoms with Crippen molar-refractivity contribution in [1.29, 1.82) is 5.26 Å². The van der Waals surface area contributed by atoms with Crippen LogP contribution >= 0.6 is 0 Å². The smallest absolute Gasteiger partial charge is 0.345 e. The number of carbonyl (C=O) groups excluding carboxylic acids is 2. The molecule has 0 saturated carbocycles. The second-order valence-corrected chi connectivity index (χ2v) is 4.22. The van der Waals surface area contributed by atoms with E-state index in [0.29, 0.717) is 19.4 Å². The van der Waals surface area contributed by atoms with Crippen molar-refractivity contribution in [3.8, 4) is 6.07 Å². The van der Waals surface area contributed by atoms with Crippen LogP contribution in [0, 0.1) is 11.3 Å². The molecule has 7 heteroatoms. The summed E-state index contributed by atoms with van der Waals surface area (Å²) in [6.45, 7) is 2.19. The molecule has 2 bridgehead atoms. The van der Waals surface area contributed by atoms with Crippen molar-refractivity contribution in [2.24, 2.45) is 0 Å². The number of fused-ring (bicyclic) bond motifs is 2. The molecule has 2 aliphatic heterocycles. The van der Waals surface area contributed by atoms with Gasteiger partial charge in [-0.1, -0.05) is 0 Å². The quantitative estimate of drug-likeness (QED) is 0.672. The summed E-state index contributed by atoms with van der Waals surface area (Å²) in [4.78, 5) is 29.8. The Morgan fingerprint density at radius 1 is 1.56 bits per heavy atom. The molecule has 0 aromatic carbocycles. The number of ether oxygens (including phenoxy) is 1. The summed E-state index contributed by atoms with van der Waals surface area (Å²) in [5, 5.41) is 10.1. The van der Waals surface area contributed by atoms with E-state index in [1.807, 2.05) is 0 Å². The molecule has 2 amide bonds. The van der Waals surface area contributed by atoms with Crippen LogP contribution in [0.3, 0.4) is 0 Å². The molecule has 0 spiro atoms. The standard InChI is InChI=1S/C11H15N3O4/c1-2-17-10(15)7-18-14-9-4-3-8(5-12)13(6-9)11(14)16/h8-9H,2-4,6-7H2,1H3/t8-,9+/m0/s1. The third-order valence-electron chi connectivity index (χ3n) is 3.10. The highest BCUT2D eigenvalue weighted by atomic mass is 16.7. The number of carbonyl (C=O) groups is 2. The minimum absolute atomic E-state index is 0.0727. The Bertz CT molecular complexity index is 392. The van der Waals surface area contributed by atoms with E-state index >= 15 is 0 Å². The molecule has 0 aromatic heterocycles. The van der Waals surface area contributed by atoms with Crippen molar-refractivity contribution >= 4 is 12.0 Å². The molecule has 2 aliphatic rings. The third-order valence-corrected chi connectivity index (χ3v) is 3.10. The van der Waals surface area contributed by atoms with Crippen LogP contribution in [-0.4, -0.2) is 53.8 Å². The first kappa shape index (κ1) is 12.6. The highest BCUT2D eigenvalue weighted by Crippen LogP contribution is 2.29. The van der Waals surface area contributed by atoms with Crippen molar-refractivity contribution in [3.05, 3.63) is 0 Å². The Balaban J connectivity index is 1.93. The second kappa shape index (κ2) is 5.23. The number of esters is 1. The summed E-state index contributed by atoms with van der Waals surface area (Å²) in [6, 6.07) is 1.30. The molecule has 7 nitrogen and oxygen atoms in total. The number of nitriles is 1. The average Bonchev–Trinajstić information content (AvgIpc) is 2.61. The maximum Gasteiger partial charge on any atom is 0.345 e. The van der Waals surface area contributed by atoms with Crippen LogP contribution in [0.4, 0.5) is 4.79 Å². The fourth-order valence-electron chi connectivity index (χ4n) is 2.26. The van der Waals surface area contributed by atoms with Gasteiger partial charge in [-0.2, -0.15) is 10.3 Å². The summed E-state index contributed by atoms with van der Waals surface area (Å²) in [6.07, 6.45) is 1.36. The predicted molar refractivity (Wildman–Crippen MR) is 58.9 cm³/mol.